The fourth-order valence-electron chi connectivity index (χ4n) is 2.84. The largest absolute Gasteiger partial charge is 0.310 e. The molecule has 1 aliphatic carbocycles. The molecule has 1 saturated carbocycles. The van der Waals surface area contributed by atoms with Gasteiger partial charge >= 0.3 is 0 Å². The predicted molar refractivity (Wildman–Crippen MR) is 78.9 cm³/mol. The Hall–Kier alpha value is -0.600. The molecule has 0 saturated heterocycles. The fourth-order valence-corrected chi connectivity index (χ4v) is 3.17. The molecule has 0 spiro atoms. The monoisotopic (exact) mass is 283 g/mol. The van der Waals surface area contributed by atoms with Crippen LogP contribution in [-0.2, 0) is 0 Å². The zero-order valence-corrected chi connectivity index (χ0v) is 12.5. The van der Waals surface area contributed by atoms with Gasteiger partial charge in [-0.3, -0.25) is 0 Å². The highest BCUT2D eigenvalue weighted by molar-refractivity contribution is 6.31. The first kappa shape index (κ1) is 14.8. The molecule has 1 aromatic carbocycles. The third-order valence-electron chi connectivity index (χ3n) is 4.28. The fraction of sp³-hybridized carbons (Fsp3) is 0.625. The summed E-state index contributed by atoms with van der Waals surface area (Å²) in [5.41, 5.74) is 0.979. The summed E-state index contributed by atoms with van der Waals surface area (Å²) in [7, 11) is 0. The SMILES string of the molecule is CC1CCC(CNC(C)c2ccc(F)cc2Cl)CC1. The Balaban J connectivity index is 1.85. The Morgan fingerprint density at radius 1 is 1.32 bits per heavy atom. The molecule has 0 aromatic heterocycles. The first-order chi connectivity index (χ1) is 9.06. The molecule has 1 atom stereocenters. The molecular formula is C16H23ClFN. The number of halogens is 2. The van der Waals surface area contributed by atoms with Crippen molar-refractivity contribution < 1.29 is 4.39 Å². The Morgan fingerprint density at radius 3 is 2.63 bits per heavy atom. The van der Waals surface area contributed by atoms with Crippen LogP contribution in [0.2, 0.25) is 5.02 Å². The average molecular weight is 284 g/mol. The number of nitrogens with one attached hydrogen (secondary N) is 1. The van der Waals surface area contributed by atoms with Crippen molar-refractivity contribution in [3.63, 3.8) is 0 Å². The van der Waals surface area contributed by atoms with Crippen LogP contribution in [0.25, 0.3) is 0 Å². The zero-order valence-electron chi connectivity index (χ0n) is 11.8. The van der Waals surface area contributed by atoms with Crippen LogP contribution in [0.4, 0.5) is 4.39 Å². The second kappa shape index (κ2) is 6.71. The zero-order chi connectivity index (χ0) is 13.8. The Bertz CT molecular complexity index is 413. The predicted octanol–water partition coefficient (Wildman–Crippen LogP) is 4.96. The molecule has 0 heterocycles. The van der Waals surface area contributed by atoms with Crippen molar-refractivity contribution in [3.05, 3.63) is 34.6 Å². The average Bonchev–Trinajstić information content (AvgIpc) is 2.37. The molecule has 1 aromatic rings. The van der Waals surface area contributed by atoms with Gasteiger partial charge in [0, 0.05) is 11.1 Å². The van der Waals surface area contributed by atoms with Gasteiger partial charge < -0.3 is 5.32 Å². The van der Waals surface area contributed by atoms with E-state index >= 15 is 0 Å². The van der Waals surface area contributed by atoms with Gasteiger partial charge in [-0.05, 0) is 55.8 Å². The Kier molecular flexibility index (Phi) is 5.23. The van der Waals surface area contributed by atoms with Crippen molar-refractivity contribution in [2.45, 2.75) is 45.6 Å². The molecule has 1 N–H and O–H groups in total. The highest BCUT2D eigenvalue weighted by Gasteiger charge is 2.19. The molecule has 106 valence electrons. The molecule has 1 fully saturated rings. The van der Waals surface area contributed by atoms with Gasteiger partial charge in [-0.15, -0.1) is 0 Å². The maximum atomic E-state index is 13.0. The minimum Gasteiger partial charge on any atom is -0.310 e. The van der Waals surface area contributed by atoms with Gasteiger partial charge in [-0.1, -0.05) is 37.4 Å². The number of rotatable bonds is 4. The van der Waals surface area contributed by atoms with E-state index in [1.807, 2.05) is 0 Å². The minimum absolute atomic E-state index is 0.174. The molecule has 0 aliphatic heterocycles. The molecule has 3 heteroatoms. The number of hydrogen-bond donors (Lipinski definition) is 1. The summed E-state index contributed by atoms with van der Waals surface area (Å²) < 4.78 is 13.0. The van der Waals surface area contributed by atoms with E-state index in [0.717, 1.165) is 23.9 Å². The van der Waals surface area contributed by atoms with Crippen LogP contribution in [0.1, 0.15) is 51.1 Å². The molecule has 1 unspecified atom stereocenters. The van der Waals surface area contributed by atoms with E-state index in [1.54, 1.807) is 6.07 Å². The lowest BCUT2D eigenvalue weighted by molar-refractivity contribution is 0.276. The third-order valence-corrected chi connectivity index (χ3v) is 4.60. The van der Waals surface area contributed by atoms with Gasteiger partial charge in [0.15, 0.2) is 0 Å². The lowest BCUT2D eigenvalue weighted by Crippen LogP contribution is -2.28. The van der Waals surface area contributed by atoms with E-state index < -0.39 is 0 Å². The van der Waals surface area contributed by atoms with Gasteiger partial charge in [0.05, 0.1) is 0 Å². The lowest BCUT2D eigenvalue weighted by atomic mass is 9.83. The molecule has 0 amide bonds. The van der Waals surface area contributed by atoms with E-state index in [4.69, 9.17) is 11.6 Å². The van der Waals surface area contributed by atoms with Crippen molar-refractivity contribution in [1.82, 2.24) is 5.32 Å². The van der Waals surface area contributed by atoms with E-state index in [-0.39, 0.29) is 11.9 Å². The lowest BCUT2D eigenvalue weighted by Gasteiger charge is -2.27. The van der Waals surface area contributed by atoms with E-state index in [0.29, 0.717) is 5.02 Å². The molecule has 2 rings (SSSR count). The summed E-state index contributed by atoms with van der Waals surface area (Å²) in [5.74, 6) is 1.39. The first-order valence-electron chi connectivity index (χ1n) is 7.24. The van der Waals surface area contributed by atoms with Crippen LogP contribution in [-0.4, -0.2) is 6.54 Å². The molecule has 1 nitrogen and oxygen atoms in total. The highest BCUT2D eigenvalue weighted by atomic mass is 35.5. The molecule has 19 heavy (non-hydrogen) atoms. The smallest absolute Gasteiger partial charge is 0.124 e. The second-order valence-electron chi connectivity index (χ2n) is 5.92. The highest BCUT2D eigenvalue weighted by Crippen LogP contribution is 2.29. The van der Waals surface area contributed by atoms with Gasteiger partial charge in [-0.25, -0.2) is 4.39 Å². The normalized spacial score (nSPS) is 25.3. The Labute approximate surface area is 120 Å². The van der Waals surface area contributed by atoms with Crippen molar-refractivity contribution in [1.29, 1.82) is 0 Å². The molecule has 1 aliphatic rings. The summed E-state index contributed by atoms with van der Waals surface area (Å²) in [6, 6.07) is 4.81. The maximum absolute atomic E-state index is 13.0. The molecular weight excluding hydrogens is 261 g/mol. The van der Waals surface area contributed by atoms with E-state index in [2.05, 4.69) is 19.2 Å². The number of benzene rings is 1. The quantitative estimate of drug-likeness (QED) is 0.824. The van der Waals surface area contributed by atoms with Crippen molar-refractivity contribution in [2.24, 2.45) is 11.8 Å². The summed E-state index contributed by atoms with van der Waals surface area (Å²) in [6.07, 6.45) is 5.33. The van der Waals surface area contributed by atoms with Gasteiger partial charge in [0.25, 0.3) is 0 Å². The second-order valence-corrected chi connectivity index (χ2v) is 6.33. The van der Waals surface area contributed by atoms with Crippen LogP contribution in [0.5, 0.6) is 0 Å². The number of hydrogen-bond acceptors (Lipinski definition) is 1. The summed E-state index contributed by atoms with van der Waals surface area (Å²) >= 11 is 6.09. The van der Waals surface area contributed by atoms with Crippen LogP contribution in [0.3, 0.4) is 0 Å². The first-order valence-corrected chi connectivity index (χ1v) is 7.62. The van der Waals surface area contributed by atoms with Gasteiger partial charge in [-0.2, -0.15) is 0 Å². The van der Waals surface area contributed by atoms with E-state index in [1.165, 1.54) is 37.8 Å². The topological polar surface area (TPSA) is 12.0 Å². The summed E-state index contributed by atoms with van der Waals surface area (Å²) in [5, 5.41) is 4.05. The molecule has 0 bridgehead atoms. The molecule has 0 radical (unpaired) electrons. The minimum atomic E-state index is -0.276. The summed E-state index contributed by atoms with van der Waals surface area (Å²) in [6.45, 7) is 5.46. The maximum Gasteiger partial charge on any atom is 0.124 e. The van der Waals surface area contributed by atoms with Crippen molar-refractivity contribution in [2.75, 3.05) is 6.54 Å². The standard InChI is InChI=1S/C16H23ClFN/c1-11-3-5-13(6-4-11)10-19-12(2)15-8-7-14(18)9-16(15)17/h7-9,11-13,19H,3-6,10H2,1-2H3. The van der Waals surface area contributed by atoms with Crippen molar-refractivity contribution >= 4 is 11.6 Å². The Morgan fingerprint density at radius 2 is 2.00 bits per heavy atom. The summed E-state index contributed by atoms with van der Waals surface area (Å²) in [4.78, 5) is 0. The third kappa shape index (κ3) is 4.19. The van der Waals surface area contributed by atoms with Gasteiger partial charge in [0.1, 0.15) is 5.82 Å². The van der Waals surface area contributed by atoms with Crippen LogP contribution in [0.15, 0.2) is 18.2 Å². The van der Waals surface area contributed by atoms with Crippen LogP contribution in [0, 0.1) is 17.7 Å². The van der Waals surface area contributed by atoms with Crippen LogP contribution < -0.4 is 5.32 Å². The van der Waals surface area contributed by atoms with Gasteiger partial charge in [0.2, 0.25) is 0 Å². The van der Waals surface area contributed by atoms with Crippen molar-refractivity contribution in [3.8, 4) is 0 Å². The van der Waals surface area contributed by atoms with Crippen LogP contribution >= 0.6 is 11.6 Å². The van der Waals surface area contributed by atoms with E-state index in [9.17, 15) is 4.39 Å².